The molecule has 3 rings (SSSR count). The van der Waals surface area contributed by atoms with Crippen LogP contribution in [0.3, 0.4) is 0 Å². The van der Waals surface area contributed by atoms with Gasteiger partial charge in [0.05, 0.1) is 21.8 Å². The van der Waals surface area contributed by atoms with Crippen LogP contribution < -0.4 is 4.80 Å². The number of hydrogen-bond donors (Lipinski definition) is 0. The number of rotatable bonds is 5. The average Bonchev–Trinajstić information content (AvgIpc) is 2.92. The van der Waals surface area contributed by atoms with Crippen LogP contribution in [0.2, 0.25) is 10.0 Å². The summed E-state index contributed by atoms with van der Waals surface area (Å²) >= 11 is 13.5. The van der Waals surface area contributed by atoms with Crippen LogP contribution in [-0.4, -0.2) is 23.7 Å². The molecule has 0 saturated heterocycles. The minimum Gasteiger partial charge on any atom is -0.380 e. The fraction of sp³-hybridized carbons (Fsp3) is 0.222. The van der Waals surface area contributed by atoms with Gasteiger partial charge in [0.2, 0.25) is 0 Å². The maximum atomic E-state index is 13.9. The Hall–Kier alpha value is -1.80. The number of halogens is 4. The van der Waals surface area contributed by atoms with Gasteiger partial charge in [-0.3, -0.25) is 4.79 Å². The molecule has 0 radical (unpaired) electrons. The second kappa shape index (κ2) is 8.48. The summed E-state index contributed by atoms with van der Waals surface area (Å²) in [4.78, 5) is 16.6. The molecule has 0 aliphatic rings. The van der Waals surface area contributed by atoms with E-state index in [1.807, 2.05) is 6.92 Å². The molecule has 9 heteroatoms. The van der Waals surface area contributed by atoms with Crippen molar-refractivity contribution in [2.45, 2.75) is 13.5 Å². The van der Waals surface area contributed by atoms with Gasteiger partial charge in [-0.15, -0.1) is 0 Å². The van der Waals surface area contributed by atoms with Crippen molar-refractivity contribution in [1.29, 1.82) is 0 Å². The smallest absolute Gasteiger partial charge is 0.285 e. The lowest BCUT2D eigenvalue weighted by Crippen LogP contribution is -2.20. The molecular formula is C18H14Cl2F2N2O2S. The first kappa shape index (κ1) is 19.9. The molecule has 2 aromatic carbocycles. The first-order chi connectivity index (χ1) is 12.9. The molecule has 0 unspecified atom stereocenters. The third-order valence-corrected chi connectivity index (χ3v) is 5.26. The predicted octanol–water partition coefficient (Wildman–Crippen LogP) is 5.07. The van der Waals surface area contributed by atoms with Gasteiger partial charge in [-0.05, 0) is 31.2 Å². The summed E-state index contributed by atoms with van der Waals surface area (Å²) in [7, 11) is 0. The number of thiazole rings is 1. The predicted molar refractivity (Wildman–Crippen MR) is 103 cm³/mol. The first-order valence-electron chi connectivity index (χ1n) is 8.01. The molecule has 0 spiro atoms. The number of ether oxygens (including phenoxy) is 1. The average molecular weight is 431 g/mol. The maximum Gasteiger partial charge on any atom is 0.285 e. The van der Waals surface area contributed by atoms with E-state index in [1.165, 1.54) is 6.07 Å². The van der Waals surface area contributed by atoms with Crippen molar-refractivity contribution >= 4 is 50.7 Å². The monoisotopic (exact) mass is 430 g/mol. The van der Waals surface area contributed by atoms with E-state index in [9.17, 15) is 13.6 Å². The Morgan fingerprint density at radius 3 is 2.63 bits per heavy atom. The van der Waals surface area contributed by atoms with Crippen LogP contribution in [0.1, 0.15) is 17.3 Å². The van der Waals surface area contributed by atoms with E-state index < -0.39 is 23.1 Å². The molecule has 0 N–H and O–H groups in total. The van der Waals surface area contributed by atoms with E-state index in [2.05, 4.69) is 4.99 Å². The third kappa shape index (κ3) is 4.21. The van der Waals surface area contributed by atoms with Crippen molar-refractivity contribution in [2.75, 3.05) is 13.2 Å². The SMILES string of the molecule is CCOCCn1c(=NC(=O)c2c(F)cccc2F)sc2cc(Cl)cc(Cl)c21. The molecule has 4 nitrogen and oxygen atoms in total. The Kier molecular flexibility index (Phi) is 6.26. The summed E-state index contributed by atoms with van der Waals surface area (Å²) < 4.78 is 35.5. The number of nitrogens with zero attached hydrogens (tertiary/aromatic N) is 2. The molecule has 0 aliphatic carbocycles. The number of carbonyl (C=O) groups is 1. The van der Waals surface area contributed by atoms with Crippen molar-refractivity contribution in [3.63, 3.8) is 0 Å². The molecule has 142 valence electrons. The van der Waals surface area contributed by atoms with Crippen LogP contribution in [0.25, 0.3) is 10.2 Å². The molecule has 3 aromatic rings. The van der Waals surface area contributed by atoms with Gasteiger partial charge < -0.3 is 9.30 Å². The van der Waals surface area contributed by atoms with Crippen molar-refractivity contribution in [1.82, 2.24) is 4.57 Å². The summed E-state index contributed by atoms with van der Waals surface area (Å²) in [6.07, 6.45) is 0. The van der Waals surface area contributed by atoms with Gasteiger partial charge in [0, 0.05) is 18.2 Å². The molecule has 1 heterocycles. The van der Waals surface area contributed by atoms with Crippen LogP contribution in [-0.2, 0) is 11.3 Å². The van der Waals surface area contributed by atoms with Crippen LogP contribution in [0, 0.1) is 11.6 Å². The second-order valence-electron chi connectivity index (χ2n) is 5.48. The van der Waals surface area contributed by atoms with Crippen LogP contribution in [0.4, 0.5) is 8.78 Å². The zero-order chi connectivity index (χ0) is 19.6. The molecule has 0 fully saturated rings. The number of aromatic nitrogens is 1. The van der Waals surface area contributed by atoms with E-state index in [0.717, 1.165) is 23.5 Å². The first-order valence-corrected chi connectivity index (χ1v) is 9.58. The Balaban J connectivity index is 2.17. The highest BCUT2D eigenvalue weighted by Crippen LogP contribution is 2.29. The Labute approximate surface area is 167 Å². The van der Waals surface area contributed by atoms with E-state index in [-0.39, 0.29) is 4.80 Å². The number of amides is 1. The lowest BCUT2D eigenvalue weighted by Gasteiger charge is -2.07. The molecule has 0 bridgehead atoms. The van der Waals surface area contributed by atoms with Crippen molar-refractivity contribution < 1.29 is 18.3 Å². The second-order valence-corrected chi connectivity index (χ2v) is 7.33. The van der Waals surface area contributed by atoms with Crippen LogP contribution in [0.5, 0.6) is 0 Å². The lowest BCUT2D eigenvalue weighted by molar-refractivity contribution is 0.0988. The van der Waals surface area contributed by atoms with E-state index in [0.29, 0.717) is 40.0 Å². The van der Waals surface area contributed by atoms with Gasteiger partial charge in [0.15, 0.2) is 4.80 Å². The summed E-state index contributed by atoms with van der Waals surface area (Å²) in [5.41, 5.74) is -0.0678. The minimum atomic E-state index is -1.01. The fourth-order valence-corrected chi connectivity index (χ4v) is 4.40. The molecular weight excluding hydrogens is 417 g/mol. The normalized spacial score (nSPS) is 12.1. The molecule has 27 heavy (non-hydrogen) atoms. The van der Waals surface area contributed by atoms with Gasteiger partial charge >= 0.3 is 0 Å². The summed E-state index contributed by atoms with van der Waals surface area (Å²) in [6, 6.07) is 6.48. The highest BCUT2D eigenvalue weighted by atomic mass is 35.5. The minimum absolute atomic E-state index is 0.251. The van der Waals surface area contributed by atoms with Crippen molar-refractivity contribution in [3.05, 3.63) is 62.4 Å². The molecule has 0 saturated carbocycles. The zero-order valence-corrected chi connectivity index (χ0v) is 16.5. The standard InChI is InChI=1S/C18H14Cl2F2N2O2S/c1-2-26-7-6-24-16-11(20)8-10(19)9-14(16)27-18(24)23-17(25)15-12(21)4-3-5-13(15)22/h3-5,8-9H,2,6-7H2,1H3. The molecule has 1 amide bonds. The van der Waals surface area contributed by atoms with E-state index in [1.54, 1.807) is 16.7 Å². The quantitative estimate of drug-likeness (QED) is 0.530. The maximum absolute atomic E-state index is 13.9. The summed E-state index contributed by atoms with van der Waals surface area (Å²) in [5, 5.41) is 0.819. The Morgan fingerprint density at radius 1 is 1.26 bits per heavy atom. The number of carbonyl (C=O) groups excluding carboxylic acids is 1. The van der Waals surface area contributed by atoms with Crippen LogP contribution in [0.15, 0.2) is 35.3 Å². The zero-order valence-electron chi connectivity index (χ0n) is 14.1. The fourth-order valence-electron chi connectivity index (χ4n) is 2.57. The number of benzene rings is 2. The van der Waals surface area contributed by atoms with Gasteiger partial charge in [-0.25, -0.2) is 8.78 Å². The van der Waals surface area contributed by atoms with Gasteiger partial charge in [0.1, 0.15) is 17.2 Å². The molecule has 1 aromatic heterocycles. The van der Waals surface area contributed by atoms with E-state index >= 15 is 0 Å². The lowest BCUT2D eigenvalue weighted by atomic mass is 10.2. The largest absolute Gasteiger partial charge is 0.380 e. The topological polar surface area (TPSA) is 43.6 Å². The highest BCUT2D eigenvalue weighted by Gasteiger charge is 2.18. The van der Waals surface area contributed by atoms with Gasteiger partial charge in [0.25, 0.3) is 5.91 Å². The molecule has 0 atom stereocenters. The van der Waals surface area contributed by atoms with E-state index in [4.69, 9.17) is 27.9 Å². The van der Waals surface area contributed by atoms with Crippen molar-refractivity contribution in [2.24, 2.45) is 4.99 Å². The summed E-state index contributed by atoms with van der Waals surface area (Å²) in [6.45, 7) is 3.10. The van der Waals surface area contributed by atoms with Gasteiger partial charge in [-0.1, -0.05) is 40.6 Å². The van der Waals surface area contributed by atoms with Crippen molar-refractivity contribution in [3.8, 4) is 0 Å². The van der Waals surface area contributed by atoms with Crippen LogP contribution >= 0.6 is 34.5 Å². The summed E-state index contributed by atoms with van der Waals surface area (Å²) in [5.74, 6) is -2.94. The Bertz CT molecular complexity index is 1060. The van der Waals surface area contributed by atoms with Gasteiger partial charge in [-0.2, -0.15) is 4.99 Å². The highest BCUT2D eigenvalue weighted by molar-refractivity contribution is 7.16. The third-order valence-electron chi connectivity index (χ3n) is 3.73. The molecule has 0 aliphatic heterocycles. The Morgan fingerprint density at radius 2 is 1.96 bits per heavy atom. The number of hydrogen-bond acceptors (Lipinski definition) is 3. The number of fused-ring (bicyclic) bond motifs is 1.